The number of methoxy groups -OCH3 is 1. The van der Waals surface area contributed by atoms with E-state index in [0.29, 0.717) is 39.2 Å². The van der Waals surface area contributed by atoms with Gasteiger partial charge in [0, 0.05) is 40.2 Å². The van der Waals surface area contributed by atoms with Crippen LogP contribution in [0, 0.1) is 5.41 Å². The van der Waals surface area contributed by atoms with Gasteiger partial charge in [0.1, 0.15) is 18.1 Å². The zero-order chi connectivity index (χ0) is 27.0. The van der Waals surface area contributed by atoms with E-state index >= 15 is 0 Å². The number of amides is 2. The second kappa shape index (κ2) is 13.0. The van der Waals surface area contributed by atoms with Crippen molar-refractivity contribution >= 4 is 17.5 Å². The molecule has 1 fully saturated rings. The molecule has 0 aromatic heterocycles. The number of ether oxygens (including phenoxy) is 2. The van der Waals surface area contributed by atoms with Crippen molar-refractivity contribution in [2.24, 2.45) is 5.41 Å². The van der Waals surface area contributed by atoms with Gasteiger partial charge >= 0.3 is 0 Å². The number of nitrogens with zero attached hydrogens (tertiary/aromatic N) is 3. The molecule has 0 saturated carbocycles. The Kier molecular flexibility index (Phi) is 9.53. The van der Waals surface area contributed by atoms with Gasteiger partial charge < -0.3 is 24.2 Å². The number of likely N-dealkylation sites (N-methyl/N-ethyl adjacent to an activating group) is 1. The van der Waals surface area contributed by atoms with Crippen molar-refractivity contribution in [3.8, 4) is 11.5 Å². The number of hydrogen-bond donors (Lipinski definition) is 0. The van der Waals surface area contributed by atoms with Crippen molar-refractivity contribution in [1.82, 2.24) is 9.80 Å². The molecule has 2 amide bonds. The van der Waals surface area contributed by atoms with Crippen molar-refractivity contribution in [1.29, 1.82) is 0 Å². The minimum atomic E-state index is -0.388. The van der Waals surface area contributed by atoms with Gasteiger partial charge in [-0.3, -0.25) is 9.59 Å². The Morgan fingerprint density at radius 2 is 1.74 bits per heavy atom. The van der Waals surface area contributed by atoms with Gasteiger partial charge in [-0.15, -0.1) is 0 Å². The largest absolute Gasteiger partial charge is 0.495 e. The molecule has 206 valence electrons. The van der Waals surface area contributed by atoms with Crippen molar-refractivity contribution in [2.45, 2.75) is 51.4 Å². The summed E-state index contributed by atoms with van der Waals surface area (Å²) >= 11 is 0. The van der Waals surface area contributed by atoms with Crippen molar-refractivity contribution in [2.75, 3.05) is 58.9 Å². The Labute approximate surface area is 227 Å². The molecular weight excluding hydrogens is 478 g/mol. The number of hydrogen-bond acceptors (Lipinski definition) is 5. The SMILES string of the molecule is COc1ccccc1N(C)CCC(=O)N1CCC2(CCCCCc3ccccc3OCCN(C)C2=O)CC1. The molecule has 2 heterocycles. The Hall–Kier alpha value is -3.22. The third-order valence-corrected chi connectivity index (χ3v) is 8.29. The molecule has 0 unspecified atom stereocenters. The molecule has 0 aliphatic carbocycles. The van der Waals surface area contributed by atoms with Crippen LogP contribution in [0.25, 0.3) is 0 Å². The monoisotopic (exact) mass is 521 g/mol. The summed E-state index contributed by atoms with van der Waals surface area (Å²) < 4.78 is 11.5. The molecular formula is C31H43N3O4. The van der Waals surface area contributed by atoms with E-state index in [1.807, 2.05) is 60.3 Å². The first kappa shape index (κ1) is 27.8. The summed E-state index contributed by atoms with van der Waals surface area (Å²) in [6.45, 7) is 2.94. The molecule has 2 aromatic rings. The highest BCUT2D eigenvalue weighted by atomic mass is 16.5. The molecule has 1 saturated heterocycles. The van der Waals surface area contributed by atoms with E-state index in [4.69, 9.17) is 9.47 Å². The average molecular weight is 522 g/mol. The number of para-hydroxylation sites is 3. The molecule has 2 aliphatic rings. The fraction of sp³-hybridized carbons (Fsp3) is 0.548. The molecule has 0 N–H and O–H groups in total. The first-order chi connectivity index (χ1) is 18.4. The van der Waals surface area contributed by atoms with E-state index < -0.39 is 0 Å². The van der Waals surface area contributed by atoms with Gasteiger partial charge in [-0.2, -0.15) is 0 Å². The second-order valence-corrected chi connectivity index (χ2v) is 10.7. The number of anilines is 1. The summed E-state index contributed by atoms with van der Waals surface area (Å²) in [6, 6.07) is 16.1. The molecule has 38 heavy (non-hydrogen) atoms. The van der Waals surface area contributed by atoms with Gasteiger partial charge in [0.15, 0.2) is 0 Å². The van der Waals surface area contributed by atoms with Gasteiger partial charge in [0.2, 0.25) is 11.8 Å². The van der Waals surface area contributed by atoms with Crippen LogP contribution in [0.1, 0.15) is 50.5 Å². The van der Waals surface area contributed by atoms with Crippen LogP contribution in [0.4, 0.5) is 5.69 Å². The van der Waals surface area contributed by atoms with Gasteiger partial charge in [0.05, 0.1) is 24.8 Å². The third kappa shape index (κ3) is 6.61. The minimum Gasteiger partial charge on any atom is -0.495 e. The van der Waals surface area contributed by atoms with Gasteiger partial charge in [-0.05, 0) is 55.9 Å². The molecule has 0 bridgehead atoms. The lowest BCUT2D eigenvalue weighted by Gasteiger charge is -2.43. The lowest BCUT2D eigenvalue weighted by atomic mass is 9.73. The minimum absolute atomic E-state index is 0.151. The molecule has 7 nitrogen and oxygen atoms in total. The van der Waals surface area contributed by atoms with Crippen LogP contribution in [0.15, 0.2) is 48.5 Å². The lowest BCUT2D eigenvalue weighted by Crippen LogP contribution is -2.51. The fourth-order valence-electron chi connectivity index (χ4n) is 5.85. The van der Waals surface area contributed by atoms with Gasteiger partial charge in [-0.25, -0.2) is 0 Å². The van der Waals surface area contributed by atoms with E-state index in [-0.39, 0.29) is 17.2 Å². The number of likely N-dealkylation sites (tertiary alicyclic amines) is 1. The molecule has 4 rings (SSSR count). The highest BCUT2D eigenvalue weighted by molar-refractivity contribution is 5.83. The maximum atomic E-state index is 13.7. The summed E-state index contributed by atoms with van der Waals surface area (Å²) in [5.41, 5.74) is 1.84. The fourth-order valence-corrected chi connectivity index (χ4v) is 5.85. The first-order valence-corrected chi connectivity index (χ1v) is 14.0. The lowest BCUT2D eigenvalue weighted by molar-refractivity contribution is -0.148. The Bertz CT molecular complexity index is 1080. The number of aryl methyl sites for hydroxylation is 1. The van der Waals surface area contributed by atoms with Crippen LogP contribution >= 0.6 is 0 Å². The van der Waals surface area contributed by atoms with Crippen molar-refractivity contribution in [3.63, 3.8) is 0 Å². The summed E-state index contributed by atoms with van der Waals surface area (Å²) in [6.07, 6.45) is 6.98. The molecule has 2 aliphatic heterocycles. The van der Waals surface area contributed by atoms with E-state index in [0.717, 1.165) is 62.1 Å². The Morgan fingerprint density at radius 3 is 2.53 bits per heavy atom. The number of carbonyl (C=O) groups excluding carboxylic acids is 2. The highest BCUT2D eigenvalue weighted by Crippen LogP contribution is 2.39. The molecule has 7 heteroatoms. The van der Waals surface area contributed by atoms with Gasteiger partial charge in [-0.1, -0.05) is 43.2 Å². The Morgan fingerprint density at radius 1 is 1.00 bits per heavy atom. The van der Waals surface area contributed by atoms with E-state index in [2.05, 4.69) is 17.0 Å². The van der Waals surface area contributed by atoms with E-state index in [1.165, 1.54) is 5.56 Å². The van der Waals surface area contributed by atoms with Crippen LogP contribution in [-0.4, -0.2) is 75.6 Å². The predicted molar refractivity (Wildman–Crippen MR) is 151 cm³/mol. The maximum Gasteiger partial charge on any atom is 0.228 e. The first-order valence-electron chi connectivity index (χ1n) is 14.0. The zero-order valence-corrected chi connectivity index (χ0v) is 23.3. The number of piperidine rings is 1. The van der Waals surface area contributed by atoms with Crippen LogP contribution in [0.5, 0.6) is 11.5 Å². The highest BCUT2D eigenvalue weighted by Gasteiger charge is 2.43. The number of carbonyl (C=O) groups is 2. The summed E-state index contributed by atoms with van der Waals surface area (Å²) in [7, 11) is 5.54. The second-order valence-electron chi connectivity index (χ2n) is 10.7. The summed E-state index contributed by atoms with van der Waals surface area (Å²) in [4.78, 5) is 32.7. The number of fused-ring (bicyclic) bond motifs is 1. The zero-order valence-electron chi connectivity index (χ0n) is 23.3. The van der Waals surface area contributed by atoms with Crippen LogP contribution in [0.3, 0.4) is 0 Å². The van der Waals surface area contributed by atoms with Crippen molar-refractivity contribution < 1.29 is 19.1 Å². The molecule has 2 aromatic carbocycles. The smallest absolute Gasteiger partial charge is 0.228 e. The quantitative estimate of drug-likeness (QED) is 0.567. The Balaban J connectivity index is 1.34. The average Bonchev–Trinajstić information content (AvgIpc) is 2.96. The number of rotatable bonds is 5. The normalized spacial score (nSPS) is 18.4. The predicted octanol–water partition coefficient (Wildman–Crippen LogP) is 4.78. The molecule has 1 spiro atoms. The van der Waals surface area contributed by atoms with Crippen LogP contribution in [-0.2, 0) is 16.0 Å². The summed E-state index contributed by atoms with van der Waals surface area (Å²) in [5, 5.41) is 0. The maximum absolute atomic E-state index is 13.7. The van der Waals surface area contributed by atoms with Gasteiger partial charge in [0.25, 0.3) is 0 Å². The van der Waals surface area contributed by atoms with E-state index in [1.54, 1.807) is 7.11 Å². The van der Waals surface area contributed by atoms with Crippen LogP contribution < -0.4 is 14.4 Å². The van der Waals surface area contributed by atoms with Crippen molar-refractivity contribution in [3.05, 3.63) is 54.1 Å². The van der Waals surface area contributed by atoms with Crippen LogP contribution in [0.2, 0.25) is 0 Å². The number of benzene rings is 2. The molecule has 0 atom stereocenters. The third-order valence-electron chi connectivity index (χ3n) is 8.29. The molecule has 0 radical (unpaired) electrons. The van der Waals surface area contributed by atoms with E-state index in [9.17, 15) is 9.59 Å². The summed E-state index contributed by atoms with van der Waals surface area (Å²) in [5.74, 6) is 2.10. The standard InChI is InChI=1S/C31H43N3O4/c1-32(26-13-7-9-15-28(26)37-3)20-16-29(35)34-21-18-31(19-22-34)17-10-4-5-11-25-12-6-8-14-27(25)38-24-23-33(2)30(31)36/h6-9,12-15H,4-5,10-11,16-24H2,1-3H3. The topological polar surface area (TPSA) is 62.3 Å².